The van der Waals surface area contributed by atoms with Crippen molar-refractivity contribution in [2.24, 2.45) is 0 Å². The summed E-state index contributed by atoms with van der Waals surface area (Å²) in [7, 11) is 0. The minimum absolute atomic E-state index is 0.0993. The van der Waals surface area contributed by atoms with E-state index in [1.807, 2.05) is 4.90 Å². The van der Waals surface area contributed by atoms with Gasteiger partial charge in [-0.15, -0.1) is 0 Å². The largest absolute Gasteiger partial charge is 0.368 e. The highest BCUT2D eigenvalue weighted by Gasteiger charge is 2.21. The number of nitrogens with one attached hydrogen (secondary N) is 1. The summed E-state index contributed by atoms with van der Waals surface area (Å²) in [5.41, 5.74) is 2.54. The Kier molecular flexibility index (Phi) is 6.56. The minimum atomic E-state index is 0.0993. The van der Waals surface area contributed by atoms with E-state index in [1.165, 1.54) is 43.6 Å². The minimum Gasteiger partial charge on any atom is -0.368 e. The van der Waals surface area contributed by atoms with Crippen LogP contribution in [0.3, 0.4) is 0 Å². The van der Waals surface area contributed by atoms with Gasteiger partial charge in [-0.2, -0.15) is 0 Å². The van der Waals surface area contributed by atoms with E-state index in [2.05, 4.69) is 46.3 Å². The first kappa shape index (κ1) is 18.1. The Morgan fingerprint density at radius 3 is 2.32 bits per heavy atom. The number of piperidine rings is 1. The van der Waals surface area contributed by atoms with Gasteiger partial charge in [-0.25, -0.2) is 4.79 Å². The molecule has 2 fully saturated rings. The molecule has 2 aliphatic heterocycles. The fourth-order valence-corrected chi connectivity index (χ4v) is 3.72. The molecule has 1 aromatic carbocycles. The Morgan fingerprint density at radius 1 is 0.960 bits per heavy atom. The Morgan fingerprint density at radius 2 is 1.64 bits per heavy atom. The maximum atomic E-state index is 12.3. The van der Waals surface area contributed by atoms with Gasteiger partial charge in [0.15, 0.2) is 0 Å². The van der Waals surface area contributed by atoms with Crippen LogP contribution in [0, 0.1) is 6.92 Å². The monoisotopic (exact) mass is 344 g/mol. The average molecular weight is 345 g/mol. The van der Waals surface area contributed by atoms with Crippen molar-refractivity contribution in [3.8, 4) is 0 Å². The van der Waals surface area contributed by atoms with Crippen molar-refractivity contribution in [2.75, 3.05) is 57.3 Å². The second kappa shape index (κ2) is 9.09. The third-order valence-corrected chi connectivity index (χ3v) is 5.34. The van der Waals surface area contributed by atoms with E-state index < -0.39 is 0 Å². The molecule has 0 spiro atoms. The zero-order chi connectivity index (χ0) is 17.5. The molecule has 0 bridgehead atoms. The van der Waals surface area contributed by atoms with Crippen LogP contribution in [-0.2, 0) is 0 Å². The van der Waals surface area contributed by atoms with Crippen molar-refractivity contribution >= 4 is 11.7 Å². The SMILES string of the molecule is Cc1ccc(N2CCN(C(=O)NCCCN3CCCCC3)CC2)cc1. The van der Waals surface area contributed by atoms with Gasteiger partial charge in [0, 0.05) is 38.4 Å². The van der Waals surface area contributed by atoms with Gasteiger partial charge < -0.3 is 20.0 Å². The molecule has 2 amide bonds. The molecule has 138 valence electrons. The fraction of sp³-hybridized carbons (Fsp3) is 0.650. The topological polar surface area (TPSA) is 38.8 Å². The molecular weight excluding hydrogens is 312 g/mol. The smallest absolute Gasteiger partial charge is 0.317 e. The number of likely N-dealkylation sites (tertiary alicyclic amines) is 1. The number of carbonyl (C=O) groups excluding carboxylic acids is 1. The molecule has 2 saturated heterocycles. The zero-order valence-corrected chi connectivity index (χ0v) is 15.5. The van der Waals surface area contributed by atoms with Crippen LogP contribution in [0.5, 0.6) is 0 Å². The molecule has 0 aliphatic carbocycles. The van der Waals surface area contributed by atoms with Crippen molar-refractivity contribution in [3.63, 3.8) is 0 Å². The molecule has 3 rings (SSSR count). The molecule has 1 N–H and O–H groups in total. The number of anilines is 1. The lowest BCUT2D eigenvalue weighted by atomic mass is 10.1. The van der Waals surface area contributed by atoms with Gasteiger partial charge in [0.2, 0.25) is 0 Å². The predicted molar refractivity (Wildman–Crippen MR) is 103 cm³/mol. The molecular formula is C20H32N4O. The number of rotatable bonds is 5. The fourth-order valence-electron chi connectivity index (χ4n) is 3.72. The first-order valence-corrected chi connectivity index (χ1v) is 9.79. The van der Waals surface area contributed by atoms with Gasteiger partial charge in [-0.3, -0.25) is 0 Å². The summed E-state index contributed by atoms with van der Waals surface area (Å²) in [6.07, 6.45) is 5.09. The predicted octanol–water partition coefficient (Wildman–Crippen LogP) is 2.70. The van der Waals surface area contributed by atoms with E-state index in [0.29, 0.717) is 0 Å². The number of aryl methyl sites for hydroxylation is 1. The maximum Gasteiger partial charge on any atom is 0.317 e. The van der Waals surface area contributed by atoms with Gasteiger partial charge in [0.25, 0.3) is 0 Å². The summed E-state index contributed by atoms with van der Waals surface area (Å²) >= 11 is 0. The van der Waals surface area contributed by atoms with E-state index in [0.717, 1.165) is 45.7 Å². The van der Waals surface area contributed by atoms with Gasteiger partial charge in [-0.1, -0.05) is 24.1 Å². The number of amides is 2. The lowest BCUT2D eigenvalue weighted by Gasteiger charge is -2.36. The first-order chi connectivity index (χ1) is 12.2. The van der Waals surface area contributed by atoms with Gasteiger partial charge in [0.1, 0.15) is 0 Å². The number of hydrogen-bond donors (Lipinski definition) is 1. The summed E-state index contributed by atoms with van der Waals surface area (Å²) in [5, 5.41) is 3.10. The Hall–Kier alpha value is -1.75. The van der Waals surface area contributed by atoms with Crippen LogP contribution in [0.1, 0.15) is 31.2 Å². The molecule has 5 heteroatoms. The zero-order valence-electron chi connectivity index (χ0n) is 15.5. The maximum absolute atomic E-state index is 12.3. The Labute approximate surface area is 152 Å². The number of carbonyl (C=O) groups is 1. The molecule has 0 radical (unpaired) electrons. The van der Waals surface area contributed by atoms with E-state index in [-0.39, 0.29) is 6.03 Å². The van der Waals surface area contributed by atoms with E-state index >= 15 is 0 Å². The van der Waals surface area contributed by atoms with Crippen molar-refractivity contribution < 1.29 is 4.79 Å². The van der Waals surface area contributed by atoms with E-state index in [1.54, 1.807) is 0 Å². The number of nitrogens with zero attached hydrogens (tertiary/aromatic N) is 3. The second-order valence-electron chi connectivity index (χ2n) is 7.30. The molecule has 0 atom stereocenters. The summed E-state index contributed by atoms with van der Waals surface area (Å²) in [5.74, 6) is 0. The molecule has 2 aliphatic rings. The third kappa shape index (κ3) is 5.36. The molecule has 1 aromatic rings. The molecule has 2 heterocycles. The van der Waals surface area contributed by atoms with Crippen molar-refractivity contribution in [1.29, 1.82) is 0 Å². The van der Waals surface area contributed by atoms with Crippen LogP contribution in [0.2, 0.25) is 0 Å². The van der Waals surface area contributed by atoms with E-state index in [9.17, 15) is 4.79 Å². The van der Waals surface area contributed by atoms with Crippen LogP contribution >= 0.6 is 0 Å². The van der Waals surface area contributed by atoms with E-state index in [4.69, 9.17) is 0 Å². The van der Waals surface area contributed by atoms with Crippen LogP contribution in [0.25, 0.3) is 0 Å². The number of hydrogen-bond acceptors (Lipinski definition) is 3. The second-order valence-corrected chi connectivity index (χ2v) is 7.30. The average Bonchev–Trinajstić information content (AvgIpc) is 2.67. The highest BCUT2D eigenvalue weighted by molar-refractivity contribution is 5.74. The third-order valence-electron chi connectivity index (χ3n) is 5.34. The Bertz CT molecular complexity index is 531. The van der Waals surface area contributed by atoms with Gasteiger partial charge >= 0.3 is 6.03 Å². The van der Waals surface area contributed by atoms with Crippen molar-refractivity contribution in [1.82, 2.24) is 15.1 Å². The van der Waals surface area contributed by atoms with Gasteiger partial charge in [0.05, 0.1) is 0 Å². The van der Waals surface area contributed by atoms with Crippen LogP contribution in [0.15, 0.2) is 24.3 Å². The first-order valence-electron chi connectivity index (χ1n) is 9.79. The van der Waals surface area contributed by atoms with Crippen molar-refractivity contribution in [3.05, 3.63) is 29.8 Å². The highest BCUT2D eigenvalue weighted by atomic mass is 16.2. The summed E-state index contributed by atoms with van der Waals surface area (Å²) in [6, 6.07) is 8.74. The molecule has 0 saturated carbocycles. The molecule has 0 aromatic heterocycles. The molecule has 5 nitrogen and oxygen atoms in total. The van der Waals surface area contributed by atoms with Crippen LogP contribution in [0.4, 0.5) is 10.5 Å². The van der Waals surface area contributed by atoms with Crippen LogP contribution < -0.4 is 10.2 Å². The number of urea groups is 1. The standard InChI is InChI=1S/C20H32N4O/c1-18-6-8-19(9-7-18)23-14-16-24(17-15-23)20(25)21-10-5-13-22-11-3-2-4-12-22/h6-9H,2-5,10-17H2,1H3,(H,21,25). The number of piperazine rings is 1. The lowest BCUT2D eigenvalue weighted by molar-refractivity contribution is 0.191. The highest BCUT2D eigenvalue weighted by Crippen LogP contribution is 2.17. The summed E-state index contributed by atoms with van der Waals surface area (Å²) in [4.78, 5) is 19.2. The molecule has 0 unspecified atom stereocenters. The quantitative estimate of drug-likeness (QED) is 0.835. The summed E-state index contributed by atoms with van der Waals surface area (Å²) < 4.78 is 0. The van der Waals surface area contributed by atoms with Gasteiger partial charge in [-0.05, 0) is 58.0 Å². The normalized spacial score (nSPS) is 19.1. The number of benzene rings is 1. The molecule has 25 heavy (non-hydrogen) atoms. The lowest BCUT2D eigenvalue weighted by Crippen LogP contribution is -2.52. The summed E-state index contributed by atoms with van der Waals surface area (Å²) in [6.45, 7) is 9.88. The Balaban J connectivity index is 1.33. The van der Waals surface area contributed by atoms with Crippen molar-refractivity contribution in [2.45, 2.75) is 32.6 Å². The van der Waals surface area contributed by atoms with Crippen LogP contribution in [-0.4, -0.2) is 68.2 Å².